The number of carboxylic acid groups (broad SMARTS) is 1. The van der Waals surface area contributed by atoms with Crippen molar-refractivity contribution in [1.82, 2.24) is 19.3 Å². The van der Waals surface area contributed by atoms with Gasteiger partial charge in [0.2, 0.25) is 17.7 Å². The molecule has 16 heteroatoms. The summed E-state index contributed by atoms with van der Waals surface area (Å²) in [5.74, 6) is -5.66. The summed E-state index contributed by atoms with van der Waals surface area (Å²) in [6.45, 7) is 13.7. The number of para-hydroxylation sites is 1. The highest BCUT2D eigenvalue weighted by Crippen LogP contribution is 2.34. The van der Waals surface area contributed by atoms with Crippen molar-refractivity contribution in [2.45, 2.75) is 156 Å². The van der Waals surface area contributed by atoms with E-state index in [2.05, 4.69) is 20.5 Å². The number of hydrogen-bond acceptors (Lipinski definition) is 10. The summed E-state index contributed by atoms with van der Waals surface area (Å²) in [6, 6.07) is 13.8. The van der Waals surface area contributed by atoms with Gasteiger partial charge in [-0.15, -0.1) is 0 Å². The molecule has 0 aliphatic heterocycles. The Morgan fingerprint density at radius 3 is 1.85 bits per heavy atom. The third-order valence-electron chi connectivity index (χ3n) is 13.6. The van der Waals surface area contributed by atoms with Crippen LogP contribution in [0.15, 0.2) is 59.2 Å². The molecule has 3 amide bonds. The number of ketones is 2. The van der Waals surface area contributed by atoms with Crippen LogP contribution < -0.4 is 5.73 Å². The van der Waals surface area contributed by atoms with E-state index in [0.717, 1.165) is 44.2 Å². The van der Waals surface area contributed by atoms with E-state index in [-0.39, 0.29) is 68.0 Å². The maximum atomic E-state index is 15.2. The average Bonchev–Trinajstić information content (AvgIpc) is 4.08. The predicted octanol–water partition coefficient (Wildman–Crippen LogP) is 8.21. The third kappa shape index (κ3) is 16.8. The molecule has 1 heterocycles. The molecule has 3 aromatic rings. The second-order valence-electron chi connectivity index (χ2n) is 21.1. The van der Waals surface area contributed by atoms with E-state index in [1.54, 1.807) is 14.1 Å². The van der Waals surface area contributed by atoms with E-state index < -0.39 is 71.6 Å². The molecule has 71 heavy (non-hydrogen) atoms. The molecule has 3 N–H and O–H groups in total. The number of nitrogens with zero attached hydrogens (tertiary/aromatic N) is 5. The number of amides is 3. The zero-order chi connectivity index (χ0) is 52.9. The molecule has 1 aliphatic carbocycles. The molecule has 0 saturated heterocycles. The Kier molecular flexibility index (Phi) is 22.0. The summed E-state index contributed by atoms with van der Waals surface area (Å²) in [5, 5.41) is 19.5. The first kappa shape index (κ1) is 58.2. The van der Waals surface area contributed by atoms with Crippen LogP contribution in [0.5, 0.6) is 0 Å². The highest BCUT2D eigenvalue weighted by molar-refractivity contribution is 9.10. The number of carbonyl (C=O) groups is 7. The number of ether oxygens (including phenoxy) is 1. The highest BCUT2D eigenvalue weighted by atomic mass is 79.9. The Bertz CT molecular complexity index is 2370. The molecule has 15 nitrogen and oxygen atoms in total. The fourth-order valence-corrected chi connectivity index (χ4v) is 9.71. The van der Waals surface area contributed by atoms with Gasteiger partial charge in [-0.25, -0.2) is 9.59 Å². The number of aromatic nitrogens is 1. The summed E-state index contributed by atoms with van der Waals surface area (Å²) in [7, 11) is 4.60. The van der Waals surface area contributed by atoms with Gasteiger partial charge in [0.25, 0.3) is 0 Å². The molecule has 1 fully saturated rings. The maximum absolute atomic E-state index is 15.2. The number of hydrogen-bond donors (Lipinski definition) is 2. The van der Waals surface area contributed by atoms with Gasteiger partial charge in [-0.1, -0.05) is 101 Å². The number of fused-ring (bicyclic) bond motifs is 1. The minimum Gasteiger partial charge on any atom is -0.479 e. The highest BCUT2D eigenvalue weighted by Gasteiger charge is 2.40. The SMILES string of the molecule is CC(C)C[C@H](CC(=O)[C@H](Cc1cn(Cc2ccc(Br)cc2)c2ccccc12)N(C)C(=O)[C@@H](CC(=O)[C@H](CC(C)C)N(C)C(=O)[C@@H](N)CC1CC1)CC(C)C)C(=O)N(C)[C@@H](C)C(=O)O[C@H](CCC#N)C(=O)O. The molecular weight excluding hydrogens is 969 g/mol. The zero-order valence-electron chi connectivity index (χ0n) is 43.4. The molecule has 388 valence electrons. The summed E-state index contributed by atoms with van der Waals surface area (Å²) >= 11 is 3.52. The first-order chi connectivity index (χ1) is 33.4. The normalized spacial score (nSPS) is 15.6. The van der Waals surface area contributed by atoms with Gasteiger partial charge in [-0.3, -0.25) is 24.0 Å². The number of esters is 1. The molecular formula is C55H77BrN6O9. The topological polar surface area (TPSA) is 213 Å². The van der Waals surface area contributed by atoms with Gasteiger partial charge in [0.05, 0.1) is 24.2 Å². The second kappa shape index (κ2) is 26.9. The van der Waals surface area contributed by atoms with Crippen LogP contribution in [0.4, 0.5) is 0 Å². The molecule has 0 spiro atoms. The summed E-state index contributed by atoms with van der Waals surface area (Å²) < 4.78 is 8.30. The molecule has 0 bridgehead atoms. The largest absolute Gasteiger partial charge is 0.479 e. The monoisotopic (exact) mass is 1040 g/mol. The number of nitrogens with two attached hydrogens (primary N) is 1. The second-order valence-corrected chi connectivity index (χ2v) is 22.0. The lowest BCUT2D eigenvalue weighted by atomic mass is 9.85. The van der Waals surface area contributed by atoms with Gasteiger partial charge in [0.1, 0.15) is 6.04 Å². The summed E-state index contributed by atoms with van der Waals surface area (Å²) in [5.41, 5.74) is 9.16. The molecule has 0 radical (unpaired) electrons. The number of benzene rings is 2. The third-order valence-corrected chi connectivity index (χ3v) is 14.2. The minimum atomic E-state index is -1.58. The van der Waals surface area contributed by atoms with Gasteiger partial charge in [-0.05, 0) is 85.6 Å². The Morgan fingerprint density at radius 2 is 1.31 bits per heavy atom. The van der Waals surface area contributed by atoms with Crippen LogP contribution >= 0.6 is 15.9 Å². The van der Waals surface area contributed by atoms with Crippen molar-refractivity contribution in [3.63, 3.8) is 0 Å². The van der Waals surface area contributed by atoms with Crippen LogP contribution in [0.2, 0.25) is 0 Å². The van der Waals surface area contributed by atoms with Crippen molar-refractivity contribution < 1.29 is 43.4 Å². The van der Waals surface area contributed by atoms with Crippen LogP contribution in [0.25, 0.3) is 10.9 Å². The van der Waals surface area contributed by atoms with Crippen molar-refractivity contribution in [3.05, 3.63) is 70.3 Å². The van der Waals surface area contributed by atoms with Crippen molar-refractivity contribution in [2.24, 2.45) is 41.2 Å². The van der Waals surface area contributed by atoms with Crippen molar-refractivity contribution >= 4 is 68.1 Å². The standard InChI is InChI=1S/C55H77BrN6O9/c1-33(2)24-39(51(65)59(8)36(7)55(70)71-50(54(68)69)16-13-23-57)29-49(64)47(28-41-32-62(45-15-12-11-14-43(41)45)31-38-19-21-42(56)22-20-38)60(9)52(66)40(25-34(3)4)30-48(63)46(26-35(5)6)61(10)53(67)44(58)27-37-17-18-37/h11-12,14-15,19-22,32-37,39-40,44,46-47,50H,13,16-18,24-31,58H2,1-10H3,(H,68,69)/t36-,39+,40+,44-,46-,47-,50+/m0/s1. The molecule has 0 unspecified atom stereocenters. The predicted molar refractivity (Wildman–Crippen MR) is 277 cm³/mol. The molecule has 4 rings (SSSR count). The van der Waals surface area contributed by atoms with Gasteiger partial charge in [0, 0.05) is 93.2 Å². The number of halogens is 1. The molecule has 1 saturated carbocycles. The Balaban J connectivity index is 1.74. The van der Waals surface area contributed by atoms with Crippen molar-refractivity contribution in [1.29, 1.82) is 5.26 Å². The van der Waals surface area contributed by atoms with E-state index >= 15 is 9.59 Å². The van der Waals surface area contributed by atoms with Crippen LogP contribution in [-0.2, 0) is 51.3 Å². The first-order valence-corrected chi connectivity index (χ1v) is 25.9. The summed E-state index contributed by atoms with van der Waals surface area (Å²) in [6.07, 6.45) is 3.29. The van der Waals surface area contributed by atoms with Crippen LogP contribution in [0, 0.1) is 46.8 Å². The first-order valence-electron chi connectivity index (χ1n) is 25.2. The Morgan fingerprint density at radius 1 is 0.775 bits per heavy atom. The number of rotatable bonds is 29. The lowest BCUT2D eigenvalue weighted by Crippen LogP contribution is -2.51. The van der Waals surface area contributed by atoms with Gasteiger partial charge < -0.3 is 34.8 Å². The molecule has 2 aromatic carbocycles. The maximum Gasteiger partial charge on any atom is 0.345 e. The van der Waals surface area contributed by atoms with Crippen LogP contribution in [0.3, 0.4) is 0 Å². The van der Waals surface area contributed by atoms with Gasteiger partial charge >= 0.3 is 11.9 Å². The molecule has 7 atom stereocenters. The number of carboxylic acids is 1. The number of likely N-dealkylation sites (N-methyl/N-ethyl adjacent to an activating group) is 3. The average molecular weight is 1050 g/mol. The zero-order valence-corrected chi connectivity index (χ0v) is 45.0. The minimum absolute atomic E-state index is 0.0138. The van der Waals surface area contributed by atoms with Crippen molar-refractivity contribution in [2.75, 3.05) is 21.1 Å². The van der Waals surface area contributed by atoms with E-state index in [1.165, 1.54) is 23.8 Å². The molecule has 1 aromatic heterocycles. The molecule has 1 aliphatic rings. The number of carbonyl (C=O) groups excluding carboxylic acids is 6. The quantitative estimate of drug-likeness (QED) is 0.0632. The van der Waals surface area contributed by atoms with E-state index in [9.17, 15) is 29.1 Å². The van der Waals surface area contributed by atoms with Crippen LogP contribution in [0.1, 0.15) is 124 Å². The number of aliphatic carboxylic acids is 1. The van der Waals surface area contributed by atoms with E-state index in [1.807, 2.05) is 102 Å². The Hall–Kier alpha value is -5.40. The number of nitriles is 1. The Labute approximate surface area is 428 Å². The smallest absolute Gasteiger partial charge is 0.345 e. The summed E-state index contributed by atoms with van der Waals surface area (Å²) in [4.78, 5) is 102. The van der Waals surface area contributed by atoms with E-state index in [0.29, 0.717) is 31.7 Å². The fourth-order valence-electron chi connectivity index (χ4n) is 9.44. The lowest BCUT2D eigenvalue weighted by Gasteiger charge is -2.34. The van der Waals surface area contributed by atoms with E-state index in [4.69, 9.17) is 15.7 Å². The fraction of sp³-hybridized carbons (Fsp3) is 0.600. The van der Waals surface area contributed by atoms with Crippen LogP contribution in [-0.4, -0.2) is 117 Å². The number of Topliss-reactive ketones (excluding diaryl/α,β-unsaturated/α-hetero) is 2. The lowest BCUT2D eigenvalue weighted by molar-refractivity contribution is -0.169. The van der Waals surface area contributed by atoms with Crippen molar-refractivity contribution in [3.8, 4) is 6.07 Å². The van der Waals surface area contributed by atoms with Gasteiger partial charge in [-0.2, -0.15) is 5.26 Å². The van der Waals surface area contributed by atoms with Gasteiger partial charge in [0.15, 0.2) is 17.7 Å².